The Labute approximate surface area is 134 Å². The van der Waals surface area contributed by atoms with Crippen LogP contribution in [0.15, 0.2) is 0 Å². The Balaban J connectivity index is 2.09. The SMILES string of the molecule is CNC1CCCN(C(=O)C(CC(C)C)N2CCCCC2=O)C1. The van der Waals surface area contributed by atoms with Crippen molar-refractivity contribution in [3.8, 4) is 0 Å². The summed E-state index contributed by atoms with van der Waals surface area (Å²) < 4.78 is 0. The molecule has 2 aliphatic heterocycles. The molecule has 1 N–H and O–H groups in total. The summed E-state index contributed by atoms with van der Waals surface area (Å²) in [4.78, 5) is 29.1. The van der Waals surface area contributed by atoms with Crippen molar-refractivity contribution in [3.63, 3.8) is 0 Å². The minimum absolute atomic E-state index is 0.156. The number of likely N-dealkylation sites (N-methyl/N-ethyl adjacent to an activating group) is 1. The van der Waals surface area contributed by atoms with Crippen LogP contribution in [0, 0.1) is 5.92 Å². The monoisotopic (exact) mass is 309 g/mol. The first-order chi connectivity index (χ1) is 10.5. The van der Waals surface area contributed by atoms with Gasteiger partial charge < -0.3 is 15.1 Å². The summed E-state index contributed by atoms with van der Waals surface area (Å²) in [5.41, 5.74) is 0. The van der Waals surface area contributed by atoms with E-state index in [0.29, 0.717) is 18.4 Å². The molecule has 2 fully saturated rings. The van der Waals surface area contributed by atoms with Crippen molar-refractivity contribution in [1.29, 1.82) is 0 Å². The topological polar surface area (TPSA) is 52.7 Å². The molecule has 5 nitrogen and oxygen atoms in total. The van der Waals surface area contributed by atoms with Crippen LogP contribution in [0.4, 0.5) is 0 Å². The predicted octanol–water partition coefficient (Wildman–Crippen LogP) is 1.62. The van der Waals surface area contributed by atoms with Crippen LogP contribution in [0.1, 0.15) is 52.4 Å². The lowest BCUT2D eigenvalue weighted by Gasteiger charge is -2.40. The minimum Gasteiger partial charge on any atom is -0.339 e. The minimum atomic E-state index is -0.261. The second-order valence-corrected chi connectivity index (χ2v) is 7.10. The van der Waals surface area contributed by atoms with Gasteiger partial charge in [-0.1, -0.05) is 13.8 Å². The third kappa shape index (κ3) is 4.22. The van der Waals surface area contributed by atoms with E-state index in [1.54, 1.807) is 0 Å². The van der Waals surface area contributed by atoms with Crippen LogP contribution in [0.2, 0.25) is 0 Å². The Morgan fingerprint density at radius 1 is 1.27 bits per heavy atom. The molecule has 0 spiro atoms. The molecule has 126 valence electrons. The van der Waals surface area contributed by atoms with Crippen molar-refractivity contribution in [2.45, 2.75) is 64.5 Å². The third-order valence-corrected chi connectivity index (χ3v) is 4.86. The van der Waals surface area contributed by atoms with E-state index >= 15 is 0 Å². The summed E-state index contributed by atoms with van der Waals surface area (Å²) in [5.74, 6) is 0.727. The van der Waals surface area contributed by atoms with Gasteiger partial charge in [0.1, 0.15) is 6.04 Å². The maximum atomic E-state index is 13.0. The van der Waals surface area contributed by atoms with Gasteiger partial charge in [-0.2, -0.15) is 0 Å². The van der Waals surface area contributed by atoms with Gasteiger partial charge in [-0.05, 0) is 45.1 Å². The maximum Gasteiger partial charge on any atom is 0.245 e. The summed E-state index contributed by atoms with van der Waals surface area (Å²) in [6, 6.07) is 0.123. The van der Waals surface area contributed by atoms with Crippen molar-refractivity contribution >= 4 is 11.8 Å². The fourth-order valence-corrected chi connectivity index (χ4v) is 3.59. The number of carbonyl (C=O) groups excluding carboxylic acids is 2. The van der Waals surface area contributed by atoms with Gasteiger partial charge in [0.2, 0.25) is 11.8 Å². The van der Waals surface area contributed by atoms with Gasteiger partial charge in [0, 0.05) is 32.1 Å². The first kappa shape index (κ1) is 17.3. The van der Waals surface area contributed by atoms with E-state index < -0.39 is 0 Å². The molecule has 0 bridgehead atoms. The molecule has 0 saturated carbocycles. The van der Waals surface area contributed by atoms with Gasteiger partial charge in [-0.3, -0.25) is 9.59 Å². The van der Waals surface area contributed by atoms with Crippen LogP contribution in [0.3, 0.4) is 0 Å². The number of carbonyl (C=O) groups is 2. The van der Waals surface area contributed by atoms with Crippen molar-refractivity contribution in [3.05, 3.63) is 0 Å². The number of amides is 2. The number of nitrogens with zero attached hydrogens (tertiary/aromatic N) is 2. The van der Waals surface area contributed by atoms with E-state index in [9.17, 15) is 9.59 Å². The molecule has 5 heteroatoms. The normalized spacial score (nSPS) is 24.7. The van der Waals surface area contributed by atoms with E-state index in [2.05, 4.69) is 19.2 Å². The lowest BCUT2D eigenvalue weighted by atomic mass is 9.97. The summed E-state index contributed by atoms with van der Waals surface area (Å²) in [5, 5.41) is 3.28. The van der Waals surface area contributed by atoms with E-state index in [1.807, 2.05) is 16.8 Å². The second-order valence-electron chi connectivity index (χ2n) is 7.10. The number of nitrogens with one attached hydrogen (secondary N) is 1. The van der Waals surface area contributed by atoms with Crippen LogP contribution in [-0.2, 0) is 9.59 Å². The zero-order valence-corrected chi connectivity index (χ0v) is 14.3. The molecular weight excluding hydrogens is 278 g/mol. The van der Waals surface area contributed by atoms with Crippen molar-refractivity contribution in [2.24, 2.45) is 5.92 Å². The number of hydrogen-bond donors (Lipinski definition) is 1. The van der Waals surface area contributed by atoms with Crippen LogP contribution < -0.4 is 5.32 Å². The Morgan fingerprint density at radius 2 is 2.05 bits per heavy atom. The van der Waals surface area contributed by atoms with Gasteiger partial charge >= 0.3 is 0 Å². The van der Waals surface area contributed by atoms with Gasteiger partial charge in [0.05, 0.1) is 0 Å². The second kappa shape index (κ2) is 7.95. The number of rotatable bonds is 5. The van der Waals surface area contributed by atoms with E-state index in [-0.39, 0.29) is 17.9 Å². The highest BCUT2D eigenvalue weighted by atomic mass is 16.2. The molecule has 2 unspecified atom stereocenters. The molecular formula is C17H31N3O2. The van der Waals surface area contributed by atoms with Crippen molar-refractivity contribution in [1.82, 2.24) is 15.1 Å². The van der Waals surface area contributed by atoms with Crippen LogP contribution in [-0.4, -0.2) is 60.4 Å². The van der Waals surface area contributed by atoms with Crippen molar-refractivity contribution < 1.29 is 9.59 Å². The van der Waals surface area contributed by atoms with Gasteiger partial charge in [0.15, 0.2) is 0 Å². The number of hydrogen-bond acceptors (Lipinski definition) is 3. The molecule has 0 radical (unpaired) electrons. The molecule has 0 aromatic carbocycles. The highest BCUT2D eigenvalue weighted by Gasteiger charge is 2.35. The third-order valence-electron chi connectivity index (χ3n) is 4.86. The van der Waals surface area contributed by atoms with Gasteiger partial charge in [0.25, 0.3) is 0 Å². The predicted molar refractivity (Wildman–Crippen MR) is 87.5 cm³/mol. The van der Waals surface area contributed by atoms with Crippen LogP contribution in [0.5, 0.6) is 0 Å². The molecule has 0 aliphatic carbocycles. The molecule has 0 aromatic rings. The number of piperidine rings is 2. The molecule has 2 aliphatic rings. The Hall–Kier alpha value is -1.10. The average Bonchev–Trinajstić information content (AvgIpc) is 2.52. The van der Waals surface area contributed by atoms with E-state index in [0.717, 1.165) is 51.7 Å². The maximum absolute atomic E-state index is 13.0. The summed E-state index contributed by atoms with van der Waals surface area (Å²) in [6.07, 6.45) is 5.51. The summed E-state index contributed by atoms with van der Waals surface area (Å²) >= 11 is 0. The Kier molecular flexibility index (Phi) is 6.24. The first-order valence-corrected chi connectivity index (χ1v) is 8.78. The Bertz CT molecular complexity index is 397. The standard InChI is InChI=1S/C17H31N3O2/c1-13(2)11-15(20-10-5-4-8-16(20)21)17(22)19-9-6-7-14(12-19)18-3/h13-15,18H,4-12H2,1-3H3. The highest BCUT2D eigenvalue weighted by molar-refractivity contribution is 5.88. The molecule has 2 heterocycles. The smallest absolute Gasteiger partial charge is 0.245 e. The van der Waals surface area contributed by atoms with Gasteiger partial charge in [-0.15, -0.1) is 0 Å². The summed E-state index contributed by atoms with van der Waals surface area (Å²) in [6.45, 7) is 6.59. The molecule has 0 aromatic heterocycles. The van der Waals surface area contributed by atoms with Crippen molar-refractivity contribution in [2.75, 3.05) is 26.7 Å². The lowest BCUT2D eigenvalue weighted by Crippen LogP contribution is -2.56. The fraction of sp³-hybridized carbons (Fsp3) is 0.882. The largest absolute Gasteiger partial charge is 0.339 e. The van der Waals surface area contributed by atoms with E-state index in [1.165, 1.54) is 0 Å². The highest BCUT2D eigenvalue weighted by Crippen LogP contribution is 2.22. The molecule has 2 saturated heterocycles. The van der Waals surface area contributed by atoms with Gasteiger partial charge in [-0.25, -0.2) is 0 Å². The molecule has 22 heavy (non-hydrogen) atoms. The zero-order valence-electron chi connectivity index (χ0n) is 14.3. The molecule has 2 rings (SSSR count). The number of likely N-dealkylation sites (tertiary alicyclic amines) is 2. The quantitative estimate of drug-likeness (QED) is 0.840. The van der Waals surface area contributed by atoms with E-state index in [4.69, 9.17) is 0 Å². The lowest BCUT2D eigenvalue weighted by molar-refractivity contribution is -0.149. The summed E-state index contributed by atoms with van der Waals surface area (Å²) in [7, 11) is 1.96. The fourth-order valence-electron chi connectivity index (χ4n) is 3.59. The molecule has 2 atom stereocenters. The average molecular weight is 309 g/mol. The first-order valence-electron chi connectivity index (χ1n) is 8.78. The van der Waals surface area contributed by atoms with Crippen LogP contribution >= 0.6 is 0 Å². The van der Waals surface area contributed by atoms with Crippen LogP contribution in [0.25, 0.3) is 0 Å². The Morgan fingerprint density at radius 3 is 2.68 bits per heavy atom. The zero-order chi connectivity index (χ0) is 16.1. The molecule has 2 amide bonds.